The van der Waals surface area contributed by atoms with Crippen LogP contribution in [0.25, 0.3) is 0 Å². The highest BCUT2D eigenvalue weighted by atomic mass is 32.2. The van der Waals surface area contributed by atoms with Crippen LogP contribution in [0.4, 0.5) is 5.69 Å². The average Bonchev–Trinajstić information content (AvgIpc) is 2.32. The molecule has 0 heterocycles. The van der Waals surface area contributed by atoms with E-state index >= 15 is 0 Å². The quantitative estimate of drug-likeness (QED) is 0.621. The van der Waals surface area contributed by atoms with Crippen molar-refractivity contribution in [2.75, 3.05) is 6.54 Å². The van der Waals surface area contributed by atoms with Gasteiger partial charge in [-0.25, -0.2) is 13.1 Å². The Morgan fingerprint density at radius 3 is 2.60 bits per heavy atom. The molecule has 7 nitrogen and oxygen atoms in total. The Morgan fingerprint density at radius 2 is 2.10 bits per heavy atom. The summed E-state index contributed by atoms with van der Waals surface area (Å²) in [5.41, 5.74) is 0.198. The van der Waals surface area contributed by atoms with E-state index in [1.807, 2.05) is 0 Å². The number of rotatable bonds is 5. The SMILES string of the molecule is Cc1cc([N+](=O)[O-])ccc1S(=O)(=O)NCC1CC(O)C1. The molecule has 0 amide bonds. The van der Waals surface area contributed by atoms with Crippen molar-refractivity contribution >= 4 is 15.7 Å². The third-order valence-electron chi connectivity index (χ3n) is 3.43. The molecule has 8 heteroatoms. The molecular formula is C12H16N2O5S. The Morgan fingerprint density at radius 1 is 1.45 bits per heavy atom. The fourth-order valence-corrected chi connectivity index (χ4v) is 3.56. The number of nitro groups is 1. The van der Waals surface area contributed by atoms with E-state index in [2.05, 4.69) is 4.72 Å². The van der Waals surface area contributed by atoms with Crippen LogP contribution in [-0.4, -0.2) is 31.1 Å². The van der Waals surface area contributed by atoms with Gasteiger partial charge in [0, 0.05) is 18.7 Å². The van der Waals surface area contributed by atoms with E-state index in [1.165, 1.54) is 25.1 Å². The maximum atomic E-state index is 12.1. The minimum absolute atomic E-state index is 0.0444. The lowest BCUT2D eigenvalue weighted by molar-refractivity contribution is -0.385. The van der Waals surface area contributed by atoms with Gasteiger partial charge in [-0.3, -0.25) is 10.1 Å². The van der Waals surface area contributed by atoms with Gasteiger partial charge in [0.15, 0.2) is 0 Å². The van der Waals surface area contributed by atoms with Crippen molar-refractivity contribution in [1.29, 1.82) is 0 Å². The lowest BCUT2D eigenvalue weighted by atomic mass is 9.83. The van der Waals surface area contributed by atoms with Gasteiger partial charge in [0.1, 0.15) is 0 Å². The van der Waals surface area contributed by atoms with Gasteiger partial charge >= 0.3 is 0 Å². The zero-order valence-corrected chi connectivity index (χ0v) is 11.8. The topological polar surface area (TPSA) is 110 Å². The number of nitrogens with one attached hydrogen (secondary N) is 1. The summed E-state index contributed by atoms with van der Waals surface area (Å²) >= 11 is 0. The van der Waals surface area contributed by atoms with Crippen LogP contribution in [-0.2, 0) is 10.0 Å². The highest BCUT2D eigenvalue weighted by molar-refractivity contribution is 7.89. The zero-order valence-electron chi connectivity index (χ0n) is 10.9. The lowest BCUT2D eigenvalue weighted by Crippen LogP contribution is -2.38. The molecule has 2 rings (SSSR count). The van der Waals surface area contributed by atoms with Crippen molar-refractivity contribution in [3.05, 3.63) is 33.9 Å². The molecule has 20 heavy (non-hydrogen) atoms. The standard InChI is InChI=1S/C12H16N2O5S/c1-8-4-10(14(16)17)2-3-12(8)20(18,19)13-7-9-5-11(15)6-9/h2-4,9,11,13,15H,5-7H2,1H3. The van der Waals surface area contributed by atoms with E-state index < -0.39 is 14.9 Å². The number of aliphatic hydroxyl groups is 1. The van der Waals surface area contributed by atoms with Crippen LogP contribution in [0, 0.1) is 23.0 Å². The monoisotopic (exact) mass is 300 g/mol. The molecule has 0 aromatic heterocycles. The van der Waals surface area contributed by atoms with Gasteiger partial charge in [0.25, 0.3) is 5.69 Å². The minimum atomic E-state index is -3.68. The highest BCUT2D eigenvalue weighted by Crippen LogP contribution is 2.27. The maximum Gasteiger partial charge on any atom is 0.269 e. The van der Waals surface area contributed by atoms with Crippen LogP contribution in [0.2, 0.25) is 0 Å². The second kappa shape index (κ2) is 5.47. The molecule has 0 bridgehead atoms. The molecule has 0 spiro atoms. The van der Waals surface area contributed by atoms with Crippen molar-refractivity contribution in [3.63, 3.8) is 0 Å². The molecule has 1 aliphatic carbocycles. The fraction of sp³-hybridized carbons (Fsp3) is 0.500. The number of non-ortho nitro benzene ring substituents is 1. The molecule has 2 N–H and O–H groups in total. The molecule has 1 aromatic carbocycles. The van der Waals surface area contributed by atoms with Gasteiger partial charge in [-0.2, -0.15) is 0 Å². The van der Waals surface area contributed by atoms with Crippen molar-refractivity contribution < 1.29 is 18.4 Å². The number of aryl methyl sites for hydroxylation is 1. The predicted molar refractivity (Wildman–Crippen MR) is 71.8 cm³/mol. The van der Waals surface area contributed by atoms with E-state index in [0.717, 1.165) is 0 Å². The van der Waals surface area contributed by atoms with Crippen molar-refractivity contribution in [2.24, 2.45) is 5.92 Å². The second-order valence-corrected chi connectivity index (χ2v) is 6.79. The van der Waals surface area contributed by atoms with Crippen LogP contribution in [0.1, 0.15) is 18.4 Å². The third kappa shape index (κ3) is 3.14. The number of nitro benzene ring substituents is 1. The van der Waals surface area contributed by atoms with E-state index in [1.54, 1.807) is 0 Å². The first-order valence-electron chi connectivity index (χ1n) is 6.22. The van der Waals surface area contributed by atoms with E-state index in [4.69, 9.17) is 5.11 Å². The second-order valence-electron chi connectivity index (χ2n) is 5.05. The number of hydrogen-bond acceptors (Lipinski definition) is 5. The number of hydrogen-bond donors (Lipinski definition) is 2. The third-order valence-corrected chi connectivity index (χ3v) is 5.02. The molecule has 0 atom stereocenters. The van der Waals surface area contributed by atoms with Gasteiger partial charge in [-0.1, -0.05) is 0 Å². The van der Waals surface area contributed by atoms with E-state index in [0.29, 0.717) is 18.4 Å². The van der Waals surface area contributed by atoms with Crippen LogP contribution >= 0.6 is 0 Å². The number of benzene rings is 1. The van der Waals surface area contributed by atoms with Gasteiger partial charge in [0.2, 0.25) is 10.0 Å². The van der Waals surface area contributed by atoms with Gasteiger partial charge in [-0.05, 0) is 37.3 Å². The molecule has 0 saturated heterocycles. The number of nitrogens with zero attached hydrogens (tertiary/aromatic N) is 1. The summed E-state index contributed by atoms with van der Waals surface area (Å²) in [5, 5.41) is 19.8. The first-order chi connectivity index (χ1) is 9.29. The van der Waals surface area contributed by atoms with Gasteiger partial charge < -0.3 is 5.11 Å². The van der Waals surface area contributed by atoms with E-state index in [9.17, 15) is 18.5 Å². The van der Waals surface area contributed by atoms with Gasteiger partial charge in [0.05, 0.1) is 15.9 Å². The molecule has 0 unspecified atom stereocenters. The molecule has 1 aliphatic rings. The van der Waals surface area contributed by atoms with Crippen molar-refractivity contribution in [1.82, 2.24) is 4.72 Å². The molecule has 0 aliphatic heterocycles. The summed E-state index contributed by atoms with van der Waals surface area (Å²) in [6, 6.07) is 3.65. The van der Waals surface area contributed by atoms with Crippen LogP contribution in [0.15, 0.2) is 23.1 Å². The average molecular weight is 300 g/mol. The lowest BCUT2D eigenvalue weighted by Gasteiger charge is -2.31. The predicted octanol–water partition coefficient (Wildman–Crippen LogP) is 0.952. The largest absolute Gasteiger partial charge is 0.393 e. The van der Waals surface area contributed by atoms with Crippen LogP contribution in [0.5, 0.6) is 0 Å². The van der Waals surface area contributed by atoms with E-state index in [-0.39, 0.29) is 29.1 Å². The van der Waals surface area contributed by atoms with Crippen LogP contribution < -0.4 is 4.72 Å². The first-order valence-corrected chi connectivity index (χ1v) is 7.70. The Labute approximate surface area is 116 Å². The normalized spacial score (nSPS) is 22.3. The van der Waals surface area contributed by atoms with Gasteiger partial charge in [-0.15, -0.1) is 0 Å². The summed E-state index contributed by atoms with van der Waals surface area (Å²) < 4.78 is 26.7. The Kier molecular flexibility index (Phi) is 4.07. The van der Waals surface area contributed by atoms with Crippen molar-refractivity contribution in [2.45, 2.75) is 30.8 Å². The molecule has 1 fully saturated rings. The Hall–Kier alpha value is -1.51. The molecule has 110 valence electrons. The first kappa shape index (κ1) is 14.9. The maximum absolute atomic E-state index is 12.1. The molecule has 0 radical (unpaired) electrons. The Bertz CT molecular complexity index is 623. The Balaban J connectivity index is 2.11. The summed E-state index contributed by atoms with van der Waals surface area (Å²) in [6.45, 7) is 1.80. The smallest absolute Gasteiger partial charge is 0.269 e. The summed E-state index contributed by atoms with van der Waals surface area (Å²) in [6.07, 6.45) is 0.870. The molecule has 1 aromatic rings. The summed E-state index contributed by atoms with van der Waals surface area (Å²) in [7, 11) is -3.68. The highest BCUT2D eigenvalue weighted by Gasteiger charge is 2.29. The molecular weight excluding hydrogens is 284 g/mol. The zero-order chi connectivity index (χ0) is 14.9. The number of sulfonamides is 1. The fourth-order valence-electron chi connectivity index (χ4n) is 2.22. The summed E-state index contributed by atoms with van der Waals surface area (Å²) in [4.78, 5) is 10.1. The molecule has 1 saturated carbocycles. The van der Waals surface area contributed by atoms with Crippen molar-refractivity contribution in [3.8, 4) is 0 Å². The van der Waals surface area contributed by atoms with Crippen LogP contribution in [0.3, 0.4) is 0 Å². The summed E-state index contributed by atoms with van der Waals surface area (Å²) in [5.74, 6) is 0.151. The number of aliphatic hydroxyl groups excluding tert-OH is 1. The minimum Gasteiger partial charge on any atom is -0.393 e.